The number of urea groups is 1. The molecule has 1 heterocycles. The summed E-state index contributed by atoms with van der Waals surface area (Å²) in [6, 6.07) is 9.83. The van der Waals surface area contributed by atoms with Gasteiger partial charge in [0.1, 0.15) is 0 Å². The molecule has 26 heavy (non-hydrogen) atoms. The van der Waals surface area contributed by atoms with Crippen LogP contribution in [0.3, 0.4) is 0 Å². The minimum atomic E-state index is -3.33. The van der Waals surface area contributed by atoms with Gasteiger partial charge in [-0.15, -0.1) is 0 Å². The number of thiazole rings is 1. The van der Waals surface area contributed by atoms with Gasteiger partial charge in [0.15, 0.2) is 15.0 Å². The number of fused-ring (bicyclic) bond motifs is 1. The highest BCUT2D eigenvalue weighted by Crippen LogP contribution is 2.28. The minimum absolute atomic E-state index is 0.169. The summed E-state index contributed by atoms with van der Waals surface area (Å²) in [5.41, 5.74) is 0.827. The molecule has 0 aliphatic carbocycles. The summed E-state index contributed by atoms with van der Waals surface area (Å²) < 4.78 is 23.8. The molecule has 0 atom stereocenters. The summed E-state index contributed by atoms with van der Waals surface area (Å²) >= 11 is 6.86. The van der Waals surface area contributed by atoms with Crippen LogP contribution in [0.25, 0.3) is 10.2 Å². The Morgan fingerprint density at radius 2 is 1.81 bits per heavy atom. The normalized spacial score (nSPS) is 11.3. The van der Waals surface area contributed by atoms with Crippen molar-refractivity contribution in [3.63, 3.8) is 0 Å². The molecule has 0 aliphatic heterocycles. The standard InChI is InChI=1S/C16H12ClN3O4S2/c1-26(23,24)11-6-7-12-13(8-11)25-16(18-12)20-15(22)19-14(21)9-2-4-10(17)5-3-9/h2-8H,1H3,(H2,18,19,20,21,22). The van der Waals surface area contributed by atoms with E-state index in [0.717, 1.165) is 17.6 Å². The van der Waals surface area contributed by atoms with Crippen molar-refractivity contribution < 1.29 is 18.0 Å². The third-order valence-corrected chi connectivity index (χ3v) is 5.64. The van der Waals surface area contributed by atoms with Gasteiger partial charge in [0.05, 0.1) is 15.1 Å². The van der Waals surface area contributed by atoms with Crippen LogP contribution in [0, 0.1) is 0 Å². The fraction of sp³-hybridized carbons (Fsp3) is 0.0625. The molecule has 2 aromatic carbocycles. The summed E-state index contributed by atoms with van der Waals surface area (Å²) in [7, 11) is -3.33. The van der Waals surface area contributed by atoms with Crippen molar-refractivity contribution in [1.29, 1.82) is 0 Å². The molecule has 7 nitrogen and oxygen atoms in total. The fourth-order valence-electron chi connectivity index (χ4n) is 2.09. The lowest BCUT2D eigenvalue weighted by molar-refractivity contribution is 0.0967. The Hall–Kier alpha value is -2.49. The van der Waals surface area contributed by atoms with Gasteiger partial charge < -0.3 is 0 Å². The first-order valence-corrected chi connectivity index (χ1v) is 10.3. The molecule has 2 N–H and O–H groups in total. The molecular formula is C16H12ClN3O4S2. The number of anilines is 1. The first-order chi connectivity index (χ1) is 12.2. The van der Waals surface area contributed by atoms with Crippen LogP contribution >= 0.6 is 22.9 Å². The van der Waals surface area contributed by atoms with Crippen LogP contribution in [0.4, 0.5) is 9.93 Å². The van der Waals surface area contributed by atoms with E-state index in [9.17, 15) is 18.0 Å². The Labute approximate surface area is 157 Å². The number of aromatic nitrogens is 1. The van der Waals surface area contributed by atoms with Crippen LogP contribution in [0.1, 0.15) is 10.4 Å². The number of carbonyl (C=O) groups excluding carboxylic acids is 2. The zero-order valence-electron chi connectivity index (χ0n) is 13.3. The van der Waals surface area contributed by atoms with Crippen molar-refractivity contribution in [3.8, 4) is 0 Å². The summed E-state index contributed by atoms with van der Waals surface area (Å²) in [5, 5.41) is 5.37. The van der Waals surface area contributed by atoms with E-state index in [2.05, 4.69) is 15.6 Å². The number of hydrogen-bond acceptors (Lipinski definition) is 6. The van der Waals surface area contributed by atoms with Crippen molar-refractivity contribution in [2.45, 2.75) is 4.90 Å². The second-order valence-electron chi connectivity index (χ2n) is 5.34. The highest BCUT2D eigenvalue weighted by molar-refractivity contribution is 7.90. The highest BCUT2D eigenvalue weighted by atomic mass is 35.5. The molecular weight excluding hydrogens is 398 g/mol. The number of benzene rings is 2. The Balaban J connectivity index is 1.73. The maximum atomic E-state index is 12.0. The molecule has 0 saturated heterocycles. The van der Waals surface area contributed by atoms with Gasteiger partial charge in [-0.25, -0.2) is 18.2 Å². The van der Waals surface area contributed by atoms with E-state index in [1.165, 1.54) is 24.3 Å². The molecule has 0 saturated carbocycles. The lowest BCUT2D eigenvalue weighted by atomic mass is 10.2. The second-order valence-corrected chi connectivity index (χ2v) is 8.82. The molecule has 10 heteroatoms. The third-order valence-electron chi connectivity index (χ3n) is 3.34. The van der Waals surface area contributed by atoms with Crippen LogP contribution in [-0.2, 0) is 9.84 Å². The summed E-state index contributed by atoms with van der Waals surface area (Å²) in [6.45, 7) is 0. The number of carbonyl (C=O) groups is 2. The number of amides is 3. The molecule has 3 amide bonds. The summed E-state index contributed by atoms with van der Waals surface area (Å²) in [5.74, 6) is -0.584. The maximum absolute atomic E-state index is 12.0. The predicted molar refractivity (Wildman–Crippen MR) is 101 cm³/mol. The molecule has 0 aliphatic rings. The molecule has 0 fully saturated rings. The summed E-state index contributed by atoms with van der Waals surface area (Å²) in [6.07, 6.45) is 1.12. The van der Waals surface area contributed by atoms with Crippen molar-refractivity contribution >= 4 is 60.1 Å². The lowest BCUT2D eigenvalue weighted by Gasteiger charge is -2.04. The molecule has 3 rings (SSSR count). The topological polar surface area (TPSA) is 105 Å². The van der Waals surface area contributed by atoms with E-state index in [1.807, 2.05) is 0 Å². The molecule has 1 aromatic heterocycles. The van der Waals surface area contributed by atoms with E-state index in [-0.39, 0.29) is 15.6 Å². The molecule has 0 unspecified atom stereocenters. The first kappa shape index (κ1) is 18.3. The van der Waals surface area contributed by atoms with Crippen molar-refractivity contribution in [2.24, 2.45) is 0 Å². The Morgan fingerprint density at radius 3 is 2.46 bits per heavy atom. The molecule has 0 spiro atoms. The second kappa shape index (κ2) is 7.02. The Morgan fingerprint density at radius 1 is 1.12 bits per heavy atom. The quantitative estimate of drug-likeness (QED) is 0.690. The van der Waals surface area contributed by atoms with Crippen LogP contribution in [-0.4, -0.2) is 31.6 Å². The zero-order valence-corrected chi connectivity index (χ0v) is 15.7. The Kier molecular flexibility index (Phi) is 4.94. The van der Waals surface area contributed by atoms with Gasteiger partial charge in [-0.1, -0.05) is 22.9 Å². The first-order valence-electron chi connectivity index (χ1n) is 7.21. The molecule has 134 valence electrons. The van der Waals surface area contributed by atoms with Gasteiger partial charge in [0.25, 0.3) is 5.91 Å². The van der Waals surface area contributed by atoms with Crippen LogP contribution in [0.15, 0.2) is 47.4 Å². The van der Waals surface area contributed by atoms with Crippen LogP contribution in [0.2, 0.25) is 5.02 Å². The van der Waals surface area contributed by atoms with E-state index >= 15 is 0 Å². The van der Waals surface area contributed by atoms with Crippen molar-refractivity contribution in [3.05, 3.63) is 53.1 Å². The third kappa shape index (κ3) is 4.18. The SMILES string of the molecule is CS(=O)(=O)c1ccc2nc(NC(=O)NC(=O)c3ccc(Cl)cc3)sc2c1. The largest absolute Gasteiger partial charge is 0.327 e. The van der Waals surface area contributed by atoms with Crippen molar-refractivity contribution in [1.82, 2.24) is 10.3 Å². The van der Waals surface area contributed by atoms with E-state index in [0.29, 0.717) is 15.2 Å². The average molecular weight is 410 g/mol. The van der Waals surface area contributed by atoms with E-state index in [4.69, 9.17) is 11.6 Å². The van der Waals surface area contributed by atoms with Gasteiger partial charge in [0, 0.05) is 16.8 Å². The van der Waals surface area contributed by atoms with E-state index < -0.39 is 21.8 Å². The zero-order chi connectivity index (χ0) is 18.9. The molecule has 0 bridgehead atoms. The van der Waals surface area contributed by atoms with Gasteiger partial charge in [-0.05, 0) is 42.5 Å². The minimum Gasteiger partial charge on any atom is -0.283 e. The van der Waals surface area contributed by atoms with Crippen LogP contribution < -0.4 is 10.6 Å². The smallest absolute Gasteiger partial charge is 0.283 e. The average Bonchev–Trinajstić information content (AvgIpc) is 2.95. The number of hydrogen-bond donors (Lipinski definition) is 2. The number of rotatable bonds is 3. The van der Waals surface area contributed by atoms with Gasteiger partial charge in [0.2, 0.25) is 0 Å². The van der Waals surface area contributed by atoms with Gasteiger partial charge in [-0.2, -0.15) is 0 Å². The highest BCUT2D eigenvalue weighted by Gasteiger charge is 2.14. The number of halogens is 1. The van der Waals surface area contributed by atoms with Gasteiger partial charge in [-0.3, -0.25) is 15.4 Å². The predicted octanol–water partition coefficient (Wildman–Crippen LogP) is 3.32. The number of nitrogens with one attached hydrogen (secondary N) is 2. The van der Waals surface area contributed by atoms with E-state index in [1.54, 1.807) is 18.2 Å². The number of sulfone groups is 1. The summed E-state index contributed by atoms with van der Waals surface area (Å²) in [4.78, 5) is 28.3. The molecule has 3 aromatic rings. The fourth-order valence-corrected chi connectivity index (χ4v) is 3.84. The van der Waals surface area contributed by atoms with Crippen molar-refractivity contribution in [2.75, 3.05) is 11.6 Å². The number of nitrogens with zero attached hydrogens (tertiary/aromatic N) is 1. The monoisotopic (exact) mass is 409 g/mol. The van der Waals surface area contributed by atoms with Gasteiger partial charge >= 0.3 is 6.03 Å². The Bertz CT molecular complexity index is 1110. The molecule has 0 radical (unpaired) electrons. The number of imide groups is 1. The lowest BCUT2D eigenvalue weighted by Crippen LogP contribution is -2.34. The van der Waals surface area contributed by atoms with Crippen LogP contribution in [0.5, 0.6) is 0 Å². The maximum Gasteiger partial charge on any atom is 0.327 e.